The minimum atomic E-state index is -1.01. The quantitative estimate of drug-likeness (QED) is 0.250. The van der Waals surface area contributed by atoms with Crippen LogP contribution in [-0.2, 0) is 9.59 Å². The lowest BCUT2D eigenvalue weighted by atomic mass is 9.95. The standard InChI is InChI=1S/C25H17FN2O5S/c1-33-17-9-4-14(5-10-17)22(30)20-21(13-2-7-16(29)8-3-13)28(24(32)23(20)31)25-27-18-11-6-15(26)12-19(18)34-25/h2-12,21,29-30H,1H3. The smallest absolute Gasteiger partial charge is 0.301 e. The lowest BCUT2D eigenvalue weighted by molar-refractivity contribution is -0.132. The minimum Gasteiger partial charge on any atom is -0.508 e. The summed E-state index contributed by atoms with van der Waals surface area (Å²) in [6.45, 7) is 0. The first kappa shape index (κ1) is 21.6. The molecular formula is C25H17FN2O5S. The third-order valence-corrected chi connectivity index (χ3v) is 6.58. The van der Waals surface area contributed by atoms with E-state index in [2.05, 4.69) is 4.98 Å². The molecule has 34 heavy (non-hydrogen) atoms. The number of rotatable bonds is 4. The number of ether oxygens (including phenoxy) is 1. The summed E-state index contributed by atoms with van der Waals surface area (Å²) in [4.78, 5) is 32.0. The number of carbonyl (C=O) groups is 2. The third kappa shape index (κ3) is 3.56. The molecule has 0 aliphatic carbocycles. The first-order valence-electron chi connectivity index (χ1n) is 10.2. The van der Waals surface area contributed by atoms with Gasteiger partial charge >= 0.3 is 5.91 Å². The fourth-order valence-corrected chi connectivity index (χ4v) is 4.91. The molecule has 1 aromatic heterocycles. The van der Waals surface area contributed by atoms with E-state index < -0.39 is 23.5 Å². The molecule has 2 heterocycles. The fourth-order valence-electron chi connectivity index (χ4n) is 3.90. The van der Waals surface area contributed by atoms with Crippen molar-refractivity contribution in [1.29, 1.82) is 0 Å². The fraction of sp³-hybridized carbons (Fsp3) is 0.0800. The Morgan fingerprint density at radius 1 is 1.06 bits per heavy atom. The van der Waals surface area contributed by atoms with Gasteiger partial charge in [-0.2, -0.15) is 0 Å². The molecule has 0 saturated carbocycles. The molecule has 2 N–H and O–H groups in total. The summed E-state index contributed by atoms with van der Waals surface area (Å²) in [5.74, 6) is -1.97. The highest BCUT2D eigenvalue weighted by atomic mass is 32.1. The largest absolute Gasteiger partial charge is 0.508 e. The number of hydrogen-bond donors (Lipinski definition) is 2. The summed E-state index contributed by atoms with van der Waals surface area (Å²) in [6.07, 6.45) is 0. The van der Waals surface area contributed by atoms with Crippen molar-refractivity contribution in [2.24, 2.45) is 0 Å². The monoisotopic (exact) mass is 476 g/mol. The Morgan fingerprint density at radius 2 is 1.76 bits per heavy atom. The number of aromatic hydroxyl groups is 1. The van der Waals surface area contributed by atoms with Gasteiger partial charge in [0.25, 0.3) is 5.78 Å². The SMILES string of the molecule is COc1ccc(C(O)=C2C(=O)C(=O)N(c3nc4ccc(F)cc4s3)C2c2ccc(O)cc2)cc1. The Kier molecular flexibility index (Phi) is 5.25. The van der Waals surface area contributed by atoms with Crippen LogP contribution < -0.4 is 9.64 Å². The van der Waals surface area contributed by atoms with Crippen molar-refractivity contribution in [3.63, 3.8) is 0 Å². The summed E-state index contributed by atoms with van der Waals surface area (Å²) in [6, 6.07) is 15.5. The second-order valence-corrected chi connectivity index (χ2v) is 8.61. The number of thiazole rings is 1. The minimum absolute atomic E-state index is 0.00585. The van der Waals surface area contributed by atoms with Crippen molar-refractivity contribution >= 4 is 44.1 Å². The zero-order valence-corrected chi connectivity index (χ0v) is 18.5. The Bertz CT molecular complexity index is 1460. The summed E-state index contributed by atoms with van der Waals surface area (Å²) in [7, 11) is 1.51. The normalized spacial score (nSPS) is 17.5. The van der Waals surface area contributed by atoms with Gasteiger partial charge < -0.3 is 14.9 Å². The van der Waals surface area contributed by atoms with Crippen LogP contribution in [0.3, 0.4) is 0 Å². The topological polar surface area (TPSA) is 100.0 Å². The molecule has 1 unspecified atom stereocenters. The van der Waals surface area contributed by atoms with Gasteiger partial charge in [-0.05, 0) is 60.2 Å². The Hall–Kier alpha value is -4.24. The lowest BCUT2D eigenvalue weighted by Gasteiger charge is -2.23. The highest BCUT2D eigenvalue weighted by Crippen LogP contribution is 2.44. The molecule has 1 aliphatic heterocycles. The molecule has 4 aromatic rings. The van der Waals surface area contributed by atoms with Crippen LogP contribution in [0.25, 0.3) is 16.0 Å². The van der Waals surface area contributed by atoms with E-state index >= 15 is 0 Å². The number of methoxy groups -OCH3 is 1. The number of fused-ring (bicyclic) bond motifs is 1. The van der Waals surface area contributed by atoms with Gasteiger partial charge in [0.1, 0.15) is 23.1 Å². The van der Waals surface area contributed by atoms with Crippen LogP contribution in [0.4, 0.5) is 9.52 Å². The summed E-state index contributed by atoms with van der Waals surface area (Å²) in [5.41, 5.74) is 1.17. The van der Waals surface area contributed by atoms with E-state index in [0.29, 0.717) is 27.1 Å². The highest BCUT2D eigenvalue weighted by Gasteiger charge is 2.48. The molecule has 0 radical (unpaired) electrons. The van der Waals surface area contributed by atoms with E-state index in [0.717, 1.165) is 11.3 Å². The van der Waals surface area contributed by atoms with Gasteiger partial charge in [-0.15, -0.1) is 0 Å². The first-order chi connectivity index (χ1) is 16.4. The average molecular weight is 476 g/mol. The van der Waals surface area contributed by atoms with E-state index in [1.807, 2.05) is 0 Å². The van der Waals surface area contributed by atoms with Gasteiger partial charge in [-0.1, -0.05) is 23.5 Å². The Balaban J connectivity index is 1.71. The molecule has 1 amide bonds. The number of anilines is 1. The van der Waals surface area contributed by atoms with Crippen molar-refractivity contribution in [1.82, 2.24) is 4.98 Å². The lowest BCUT2D eigenvalue weighted by Crippen LogP contribution is -2.29. The van der Waals surface area contributed by atoms with Crippen molar-refractivity contribution < 1.29 is 28.9 Å². The van der Waals surface area contributed by atoms with Gasteiger partial charge in [0.15, 0.2) is 5.13 Å². The number of nitrogens with zero attached hydrogens (tertiary/aromatic N) is 2. The van der Waals surface area contributed by atoms with E-state index in [9.17, 15) is 24.2 Å². The van der Waals surface area contributed by atoms with Gasteiger partial charge in [-0.25, -0.2) is 9.37 Å². The number of hydrogen-bond acceptors (Lipinski definition) is 7. The number of amides is 1. The molecule has 3 aromatic carbocycles. The number of phenolic OH excluding ortho intramolecular Hbond substituents is 1. The molecule has 0 bridgehead atoms. The second-order valence-electron chi connectivity index (χ2n) is 7.60. The maximum absolute atomic E-state index is 13.7. The van der Waals surface area contributed by atoms with Crippen LogP contribution >= 0.6 is 11.3 Å². The van der Waals surface area contributed by atoms with Gasteiger partial charge in [0.05, 0.1) is 28.9 Å². The summed E-state index contributed by atoms with van der Waals surface area (Å²) in [5, 5.41) is 21.1. The zero-order chi connectivity index (χ0) is 24.0. The molecule has 7 nitrogen and oxygen atoms in total. The number of halogens is 1. The maximum atomic E-state index is 13.7. The molecule has 170 valence electrons. The number of aliphatic hydroxyl groups excluding tert-OH is 1. The molecule has 0 spiro atoms. The molecule has 1 fully saturated rings. The van der Waals surface area contributed by atoms with Crippen LogP contribution in [0.15, 0.2) is 72.3 Å². The van der Waals surface area contributed by atoms with E-state index in [4.69, 9.17) is 4.74 Å². The molecule has 9 heteroatoms. The van der Waals surface area contributed by atoms with E-state index in [1.54, 1.807) is 36.4 Å². The van der Waals surface area contributed by atoms with Crippen molar-refractivity contribution in [3.8, 4) is 11.5 Å². The van der Waals surface area contributed by atoms with Crippen molar-refractivity contribution in [2.75, 3.05) is 12.0 Å². The predicted octanol–water partition coefficient (Wildman–Crippen LogP) is 4.78. The molecular weight excluding hydrogens is 459 g/mol. The maximum Gasteiger partial charge on any atom is 0.301 e. The highest BCUT2D eigenvalue weighted by molar-refractivity contribution is 7.22. The number of ketones is 1. The summed E-state index contributed by atoms with van der Waals surface area (Å²) < 4.78 is 19.4. The molecule has 1 saturated heterocycles. The average Bonchev–Trinajstić information content (AvgIpc) is 3.37. The van der Waals surface area contributed by atoms with Crippen LogP contribution in [0.5, 0.6) is 11.5 Å². The Labute approximate surface area is 197 Å². The predicted molar refractivity (Wildman–Crippen MR) is 125 cm³/mol. The Morgan fingerprint density at radius 3 is 2.44 bits per heavy atom. The van der Waals surface area contributed by atoms with Crippen molar-refractivity contribution in [3.05, 3.63) is 89.2 Å². The van der Waals surface area contributed by atoms with Crippen LogP contribution in [0.2, 0.25) is 0 Å². The summed E-state index contributed by atoms with van der Waals surface area (Å²) >= 11 is 1.06. The van der Waals surface area contributed by atoms with Gasteiger partial charge in [0, 0.05) is 5.56 Å². The number of phenols is 1. The second kappa shape index (κ2) is 8.27. The van der Waals surface area contributed by atoms with Gasteiger partial charge in [-0.3, -0.25) is 14.5 Å². The van der Waals surface area contributed by atoms with E-state index in [-0.39, 0.29) is 22.2 Å². The van der Waals surface area contributed by atoms with Crippen molar-refractivity contribution in [2.45, 2.75) is 6.04 Å². The van der Waals surface area contributed by atoms with E-state index in [1.165, 1.54) is 42.3 Å². The zero-order valence-electron chi connectivity index (χ0n) is 17.7. The molecule has 1 atom stereocenters. The number of aromatic nitrogens is 1. The molecule has 5 rings (SSSR count). The van der Waals surface area contributed by atoms with Crippen LogP contribution in [0, 0.1) is 5.82 Å². The van der Waals surface area contributed by atoms with Crippen LogP contribution in [0.1, 0.15) is 17.2 Å². The van der Waals surface area contributed by atoms with Crippen LogP contribution in [-0.4, -0.2) is 34.0 Å². The number of benzene rings is 3. The molecule has 1 aliphatic rings. The number of Topliss-reactive ketones (excluding diaryl/α,β-unsaturated/α-hetero) is 1. The van der Waals surface area contributed by atoms with Gasteiger partial charge in [0.2, 0.25) is 0 Å². The first-order valence-corrected chi connectivity index (χ1v) is 11.0. The number of carbonyl (C=O) groups excluding carboxylic acids is 2. The third-order valence-electron chi connectivity index (χ3n) is 5.56. The number of aliphatic hydroxyl groups is 1.